The predicted octanol–water partition coefficient (Wildman–Crippen LogP) is 3.67. The van der Waals surface area contributed by atoms with Crippen molar-refractivity contribution in [2.75, 3.05) is 7.11 Å². The van der Waals surface area contributed by atoms with Gasteiger partial charge in [0.25, 0.3) is 0 Å². The number of carbonyl (C=O) groups is 2. The number of carbonyl (C=O) groups excluding carboxylic acids is 2. The largest absolute Gasteiger partial charge is 0.465 e. The van der Waals surface area contributed by atoms with Gasteiger partial charge in [0.2, 0.25) is 5.24 Å². The third kappa shape index (κ3) is 3.17. The van der Waals surface area contributed by atoms with Crippen LogP contribution in [0.3, 0.4) is 0 Å². The molecular weight excluding hydrogens is 276 g/mol. The monoisotopic (exact) mass is 290 g/mol. The Labute approximate surface area is 122 Å². The Kier molecular flexibility index (Phi) is 4.74. The van der Waals surface area contributed by atoms with E-state index in [1.165, 1.54) is 7.11 Å². The number of hydrogen-bond donors (Lipinski definition) is 0. The van der Waals surface area contributed by atoms with Crippen LogP contribution in [0.4, 0.5) is 0 Å². The average molecular weight is 291 g/mol. The normalized spacial score (nSPS) is 10.5. The molecule has 2 rings (SSSR count). The number of hydrogen-bond acceptors (Lipinski definition) is 3. The third-order valence-corrected chi connectivity index (χ3v) is 3.41. The van der Waals surface area contributed by atoms with E-state index in [-0.39, 0.29) is 11.2 Å². The third-order valence-electron chi connectivity index (χ3n) is 3.22. The Morgan fingerprint density at radius 1 is 1.15 bits per heavy atom. The van der Waals surface area contributed by atoms with Crippen LogP contribution < -0.4 is 0 Å². The summed E-state index contributed by atoms with van der Waals surface area (Å²) in [6, 6.07) is 11.4. The van der Waals surface area contributed by atoms with Crippen LogP contribution in [0.25, 0.3) is 11.1 Å². The number of ether oxygens (including phenoxy) is 1. The lowest BCUT2D eigenvalue weighted by molar-refractivity contribution is -0.111. The van der Waals surface area contributed by atoms with Crippen LogP contribution in [0, 0.1) is 0 Å². The Bertz CT molecular complexity index is 607. The minimum absolute atomic E-state index is 0.334. The van der Waals surface area contributed by atoms with Gasteiger partial charge in [-0.05, 0) is 47.2 Å². The van der Waals surface area contributed by atoms with Crippen molar-refractivity contribution >= 4 is 22.8 Å². The van der Waals surface area contributed by atoms with Crippen molar-refractivity contribution in [1.29, 1.82) is 0 Å². The van der Waals surface area contributed by atoms with E-state index in [1.807, 2.05) is 36.4 Å². The van der Waals surface area contributed by atoms with Gasteiger partial charge in [-0.25, -0.2) is 4.79 Å². The zero-order valence-corrected chi connectivity index (χ0v) is 11.9. The summed E-state index contributed by atoms with van der Waals surface area (Å²) in [5, 5.41) is -0.334. The van der Waals surface area contributed by atoms with Gasteiger partial charge in [-0.2, -0.15) is 0 Å². The Hall–Kier alpha value is -1.87. The highest BCUT2D eigenvalue weighted by Gasteiger charge is 2.19. The van der Waals surface area contributed by atoms with Crippen LogP contribution >= 0.6 is 11.6 Å². The predicted molar refractivity (Wildman–Crippen MR) is 78.2 cm³/mol. The Morgan fingerprint density at radius 2 is 1.85 bits per heavy atom. The summed E-state index contributed by atoms with van der Waals surface area (Å²) < 4.78 is 4.82. The van der Waals surface area contributed by atoms with Gasteiger partial charge in [-0.3, -0.25) is 4.79 Å². The number of halogens is 1. The van der Waals surface area contributed by atoms with Crippen molar-refractivity contribution < 1.29 is 14.3 Å². The molecule has 0 aliphatic heterocycles. The molecule has 0 fully saturated rings. The van der Waals surface area contributed by atoms with Crippen molar-refractivity contribution in [2.24, 2.45) is 0 Å². The lowest BCUT2D eigenvalue weighted by Crippen LogP contribution is -1.99. The Balaban J connectivity index is 2.35. The number of esters is 1. The maximum atomic E-state index is 11.8. The van der Waals surface area contributed by atoms with Crippen molar-refractivity contribution in [3.05, 3.63) is 47.5 Å². The van der Waals surface area contributed by atoms with Crippen LogP contribution in [0.1, 0.15) is 28.8 Å². The minimum atomic E-state index is -0.346. The summed E-state index contributed by atoms with van der Waals surface area (Å²) in [6.45, 7) is 0. The van der Waals surface area contributed by atoms with Gasteiger partial charge >= 0.3 is 5.97 Å². The first-order chi connectivity index (χ1) is 9.63. The summed E-state index contributed by atoms with van der Waals surface area (Å²) in [5.74, 6) is -0.346. The Morgan fingerprint density at radius 3 is 2.50 bits per heavy atom. The SMILES string of the molecule is COC(=O)c1cc(CCCC(=O)Cl)c2cccccc1-2. The topological polar surface area (TPSA) is 43.4 Å². The summed E-state index contributed by atoms with van der Waals surface area (Å²) in [7, 11) is 1.37. The molecule has 2 aliphatic carbocycles. The van der Waals surface area contributed by atoms with Crippen molar-refractivity contribution in [3.63, 3.8) is 0 Å². The molecule has 0 saturated carbocycles. The first-order valence-corrected chi connectivity index (χ1v) is 6.78. The van der Waals surface area contributed by atoms with Crippen molar-refractivity contribution in [1.82, 2.24) is 0 Å². The second-order valence-corrected chi connectivity index (χ2v) is 4.94. The van der Waals surface area contributed by atoms with Gasteiger partial charge in [-0.1, -0.05) is 30.3 Å². The first-order valence-electron chi connectivity index (χ1n) is 6.40. The lowest BCUT2D eigenvalue weighted by Gasteiger charge is -2.01. The molecule has 3 nitrogen and oxygen atoms in total. The van der Waals surface area contributed by atoms with E-state index in [4.69, 9.17) is 16.3 Å². The van der Waals surface area contributed by atoms with Crippen LogP contribution in [-0.2, 0) is 16.0 Å². The summed E-state index contributed by atoms with van der Waals surface area (Å²) in [4.78, 5) is 22.6. The molecule has 0 saturated heterocycles. The average Bonchev–Trinajstić information content (AvgIpc) is 2.62. The quantitative estimate of drug-likeness (QED) is 0.623. The molecule has 4 heteroatoms. The van der Waals surface area contributed by atoms with E-state index in [2.05, 4.69) is 0 Å². The highest BCUT2D eigenvalue weighted by molar-refractivity contribution is 6.63. The second-order valence-electron chi connectivity index (χ2n) is 4.52. The fourth-order valence-electron chi connectivity index (χ4n) is 2.30. The van der Waals surface area contributed by atoms with Gasteiger partial charge in [0.15, 0.2) is 0 Å². The first kappa shape index (κ1) is 14.5. The maximum absolute atomic E-state index is 11.8. The molecule has 0 atom stereocenters. The summed E-state index contributed by atoms with van der Waals surface area (Å²) in [6.07, 6.45) is 1.71. The molecular formula is C16H15ClO3. The van der Waals surface area contributed by atoms with Crippen LogP contribution in [-0.4, -0.2) is 18.3 Å². The molecule has 0 unspecified atom stereocenters. The fraction of sp³-hybridized carbons (Fsp3) is 0.250. The van der Waals surface area contributed by atoms with Crippen LogP contribution in [0.15, 0.2) is 36.4 Å². The minimum Gasteiger partial charge on any atom is -0.465 e. The maximum Gasteiger partial charge on any atom is 0.338 e. The fourth-order valence-corrected chi connectivity index (χ4v) is 2.43. The van der Waals surface area contributed by atoms with E-state index >= 15 is 0 Å². The molecule has 0 amide bonds. The van der Waals surface area contributed by atoms with E-state index in [1.54, 1.807) is 0 Å². The number of fused-ring (bicyclic) bond motifs is 1. The van der Waals surface area contributed by atoms with Gasteiger partial charge < -0.3 is 4.74 Å². The molecule has 0 aromatic rings. The van der Waals surface area contributed by atoms with Crippen molar-refractivity contribution in [3.8, 4) is 11.1 Å². The zero-order valence-electron chi connectivity index (χ0n) is 11.2. The molecule has 0 aromatic heterocycles. The van der Waals surface area contributed by atoms with Crippen molar-refractivity contribution in [2.45, 2.75) is 19.3 Å². The second kappa shape index (κ2) is 6.53. The number of methoxy groups -OCH3 is 1. The van der Waals surface area contributed by atoms with E-state index in [0.717, 1.165) is 16.7 Å². The van der Waals surface area contributed by atoms with Crippen LogP contribution in [0.5, 0.6) is 0 Å². The summed E-state index contributed by atoms with van der Waals surface area (Å²) in [5.41, 5.74) is 3.48. The van der Waals surface area contributed by atoms with Gasteiger partial charge in [0.1, 0.15) is 0 Å². The smallest absolute Gasteiger partial charge is 0.338 e. The molecule has 0 heterocycles. The van der Waals surface area contributed by atoms with Gasteiger partial charge in [0.05, 0.1) is 12.7 Å². The van der Waals surface area contributed by atoms with Gasteiger partial charge in [0, 0.05) is 6.42 Å². The highest BCUT2D eigenvalue weighted by atomic mass is 35.5. The molecule has 104 valence electrons. The van der Waals surface area contributed by atoms with E-state index in [9.17, 15) is 9.59 Å². The van der Waals surface area contributed by atoms with Gasteiger partial charge in [-0.15, -0.1) is 0 Å². The molecule has 0 aromatic carbocycles. The molecule has 0 spiro atoms. The molecule has 2 aliphatic rings. The standard InChI is InChI=1S/C16H15ClO3/c1-20-16(19)14-10-11(6-5-9-15(17)18)12-7-3-2-4-8-13(12)14/h2-4,7-8,10H,5-6,9H2,1H3. The molecule has 20 heavy (non-hydrogen) atoms. The lowest BCUT2D eigenvalue weighted by atomic mass is 10.0. The highest BCUT2D eigenvalue weighted by Crippen LogP contribution is 2.33. The number of aryl methyl sites for hydroxylation is 1. The molecule has 0 N–H and O–H groups in total. The molecule has 0 radical (unpaired) electrons. The zero-order chi connectivity index (χ0) is 14.5. The van der Waals surface area contributed by atoms with E-state index < -0.39 is 0 Å². The summed E-state index contributed by atoms with van der Waals surface area (Å²) >= 11 is 5.35. The molecule has 0 bridgehead atoms. The number of rotatable bonds is 5. The van der Waals surface area contributed by atoms with E-state index in [0.29, 0.717) is 24.8 Å². The van der Waals surface area contributed by atoms with Crippen LogP contribution in [0.2, 0.25) is 0 Å².